The molecule has 6 nitrogen and oxygen atoms in total. The maximum atomic E-state index is 13.3. The third-order valence-corrected chi connectivity index (χ3v) is 5.91. The second-order valence-electron chi connectivity index (χ2n) is 8.19. The smallest absolute Gasteiger partial charge is 0.282 e. The molecule has 0 bridgehead atoms. The molecule has 4 aromatic rings. The number of aromatic nitrogens is 2. The molecule has 0 radical (unpaired) electrons. The van der Waals surface area contributed by atoms with Crippen LogP contribution in [0.5, 0.6) is 5.75 Å². The summed E-state index contributed by atoms with van der Waals surface area (Å²) in [5.74, 6) is 1.33. The van der Waals surface area contributed by atoms with Gasteiger partial charge in [0.25, 0.3) is 5.56 Å². The molecule has 0 fully saturated rings. The zero-order valence-electron chi connectivity index (χ0n) is 19.5. The average Bonchev–Trinajstić information content (AvgIpc) is 2.84. The van der Waals surface area contributed by atoms with Gasteiger partial charge < -0.3 is 9.64 Å². The van der Waals surface area contributed by atoms with Gasteiger partial charge in [0.15, 0.2) is 0 Å². The van der Waals surface area contributed by atoms with Crippen molar-refractivity contribution in [2.75, 3.05) is 19.0 Å². The predicted molar refractivity (Wildman–Crippen MR) is 142 cm³/mol. The molecule has 0 aliphatic rings. The second-order valence-corrected chi connectivity index (χ2v) is 9.11. The molecule has 0 saturated carbocycles. The van der Waals surface area contributed by atoms with Gasteiger partial charge in [-0.05, 0) is 42.3 Å². The lowest BCUT2D eigenvalue weighted by Gasteiger charge is -2.16. The molecule has 0 atom stereocenters. The molecular weight excluding hydrogens is 492 g/mol. The van der Waals surface area contributed by atoms with Crippen LogP contribution in [0.15, 0.2) is 81.1 Å². The molecule has 0 N–H and O–H groups in total. The molecule has 7 heteroatoms. The number of benzene rings is 3. The molecule has 174 valence electrons. The normalized spacial score (nSPS) is 11.3. The predicted octanol–water partition coefficient (Wildman–Crippen LogP) is 5.64. The maximum Gasteiger partial charge on any atom is 0.282 e. The van der Waals surface area contributed by atoms with Gasteiger partial charge in [-0.3, -0.25) is 4.79 Å². The first-order valence-corrected chi connectivity index (χ1v) is 12.0. The number of hydrogen-bond acceptors (Lipinski definition) is 5. The molecule has 0 amide bonds. The summed E-state index contributed by atoms with van der Waals surface area (Å²) >= 11 is 3.45. The lowest BCUT2D eigenvalue weighted by Crippen LogP contribution is -2.22. The van der Waals surface area contributed by atoms with Crippen LogP contribution in [-0.2, 0) is 13.0 Å². The van der Waals surface area contributed by atoms with Crippen LogP contribution in [0, 0.1) is 0 Å². The van der Waals surface area contributed by atoms with Crippen molar-refractivity contribution < 1.29 is 4.74 Å². The molecule has 1 heterocycles. The maximum absolute atomic E-state index is 13.3. The van der Waals surface area contributed by atoms with Crippen LogP contribution in [0.2, 0.25) is 0 Å². The van der Waals surface area contributed by atoms with E-state index in [-0.39, 0.29) is 5.56 Å². The van der Waals surface area contributed by atoms with E-state index in [2.05, 4.69) is 28.0 Å². The fourth-order valence-electron chi connectivity index (χ4n) is 3.59. The molecule has 3 aromatic carbocycles. The van der Waals surface area contributed by atoms with E-state index in [4.69, 9.17) is 9.72 Å². The molecule has 0 unspecified atom stereocenters. The summed E-state index contributed by atoms with van der Waals surface area (Å²) in [4.78, 5) is 20.0. The minimum Gasteiger partial charge on any atom is -0.488 e. The quantitative estimate of drug-likeness (QED) is 0.283. The summed E-state index contributed by atoms with van der Waals surface area (Å²) in [6.45, 7) is 2.49. The summed E-state index contributed by atoms with van der Waals surface area (Å²) in [6.07, 6.45) is 3.17. The minimum absolute atomic E-state index is 0.192. The highest BCUT2D eigenvalue weighted by Gasteiger charge is 2.12. The molecule has 4 rings (SSSR count). The lowest BCUT2D eigenvalue weighted by atomic mass is 10.2. The number of fused-ring (bicyclic) bond motifs is 1. The number of halogens is 1. The highest BCUT2D eigenvalue weighted by molar-refractivity contribution is 9.10. The van der Waals surface area contributed by atoms with Crippen molar-refractivity contribution in [3.8, 4) is 5.75 Å². The van der Waals surface area contributed by atoms with Crippen LogP contribution < -0.4 is 15.2 Å². The molecule has 34 heavy (non-hydrogen) atoms. The Morgan fingerprint density at radius 3 is 2.62 bits per heavy atom. The van der Waals surface area contributed by atoms with E-state index >= 15 is 0 Å². The van der Waals surface area contributed by atoms with Gasteiger partial charge >= 0.3 is 0 Å². The van der Waals surface area contributed by atoms with Crippen LogP contribution in [0.25, 0.3) is 10.9 Å². The van der Waals surface area contributed by atoms with Gasteiger partial charge in [0.05, 0.1) is 17.1 Å². The second kappa shape index (κ2) is 10.7. The van der Waals surface area contributed by atoms with E-state index in [1.807, 2.05) is 79.7 Å². The van der Waals surface area contributed by atoms with E-state index in [1.165, 1.54) is 4.68 Å². The van der Waals surface area contributed by atoms with Crippen molar-refractivity contribution >= 4 is 38.7 Å². The molecule has 0 spiro atoms. The van der Waals surface area contributed by atoms with Gasteiger partial charge in [-0.2, -0.15) is 9.78 Å². The van der Waals surface area contributed by atoms with Crippen LogP contribution in [-0.4, -0.2) is 30.0 Å². The van der Waals surface area contributed by atoms with Gasteiger partial charge in [0, 0.05) is 42.3 Å². The third-order valence-electron chi connectivity index (χ3n) is 5.41. The fourth-order valence-corrected chi connectivity index (χ4v) is 3.95. The van der Waals surface area contributed by atoms with Crippen molar-refractivity contribution in [3.05, 3.63) is 98.5 Å². The van der Waals surface area contributed by atoms with Gasteiger partial charge in [-0.15, -0.1) is 0 Å². The van der Waals surface area contributed by atoms with E-state index < -0.39 is 0 Å². The number of rotatable bonds is 8. The van der Waals surface area contributed by atoms with Crippen LogP contribution in [0.3, 0.4) is 0 Å². The Morgan fingerprint density at radius 1 is 1.09 bits per heavy atom. The number of ether oxygens (including phenoxy) is 1. The summed E-state index contributed by atoms with van der Waals surface area (Å²) in [7, 11) is 3.97. The van der Waals surface area contributed by atoms with Crippen LogP contribution in [0.1, 0.15) is 30.3 Å². The van der Waals surface area contributed by atoms with Crippen LogP contribution >= 0.6 is 15.9 Å². The summed E-state index contributed by atoms with van der Waals surface area (Å²) < 4.78 is 8.40. The average molecular weight is 519 g/mol. The first-order valence-electron chi connectivity index (χ1n) is 11.2. The Balaban J connectivity index is 1.74. The van der Waals surface area contributed by atoms with E-state index in [1.54, 1.807) is 12.3 Å². The lowest BCUT2D eigenvalue weighted by molar-refractivity contribution is 0.306. The zero-order chi connectivity index (χ0) is 24.1. The fraction of sp³-hybridized carbons (Fsp3) is 0.222. The van der Waals surface area contributed by atoms with Crippen molar-refractivity contribution in [2.24, 2.45) is 5.10 Å². The largest absolute Gasteiger partial charge is 0.488 e. The topological polar surface area (TPSA) is 59.7 Å². The standard InChI is InChI=1S/C27H27BrN4O2/c1-4-8-26-30-24-14-12-21(28)15-23(24)27(33)32(26)29-17-20-11-13-22(31(2)3)16-25(20)34-18-19-9-6-5-7-10-19/h5-7,9-17H,4,8,18H2,1-3H3. The summed E-state index contributed by atoms with van der Waals surface area (Å²) in [5, 5.41) is 5.10. The van der Waals surface area contributed by atoms with Gasteiger partial charge in [0.2, 0.25) is 0 Å². The van der Waals surface area contributed by atoms with Crippen molar-refractivity contribution in [3.63, 3.8) is 0 Å². The number of nitrogens with zero attached hydrogens (tertiary/aromatic N) is 4. The van der Waals surface area contributed by atoms with Gasteiger partial charge in [-0.25, -0.2) is 4.98 Å². The Labute approximate surface area is 207 Å². The SMILES string of the molecule is CCCc1nc2ccc(Br)cc2c(=O)n1N=Cc1ccc(N(C)C)cc1OCc1ccccc1. The van der Waals surface area contributed by atoms with Gasteiger partial charge in [-0.1, -0.05) is 53.2 Å². The Hall–Kier alpha value is -3.45. The number of aryl methyl sites for hydroxylation is 1. The van der Waals surface area contributed by atoms with E-state index in [0.717, 1.165) is 27.7 Å². The molecule has 0 aliphatic heterocycles. The monoisotopic (exact) mass is 518 g/mol. The zero-order valence-corrected chi connectivity index (χ0v) is 21.1. The number of anilines is 1. The molecular formula is C27H27BrN4O2. The molecule has 0 saturated heterocycles. The van der Waals surface area contributed by atoms with E-state index in [9.17, 15) is 4.79 Å². The summed E-state index contributed by atoms with van der Waals surface area (Å²) in [6, 6.07) is 21.5. The Morgan fingerprint density at radius 2 is 1.88 bits per heavy atom. The van der Waals surface area contributed by atoms with Crippen LogP contribution in [0.4, 0.5) is 5.69 Å². The Kier molecular flexibility index (Phi) is 7.43. The first kappa shape index (κ1) is 23.7. The summed E-state index contributed by atoms with van der Waals surface area (Å²) in [5.41, 5.74) is 3.35. The highest BCUT2D eigenvalue weighted by Crippen LogP contribution is 2.25. The van der Waals surface area contributed by atoms with Gasteiger partial charge in [0.1, 0.15) is 18.2 Å². The third kappa shape index (κ3) is 5.37. The minimum atomic E-state index is -0.192. The number of hydrogen-bond donors (Lipinski definition) is 0. The molecule has 0 aliphatic carbocycles. The highest BCUT2D eigenvalue weighted by atomic mass is 79.9. The van der Waals surface area contributed by atoms with Crippen molar-refractivity contribution in [1.82, 2.24) is 9.66 Å². The van der Waals surface area contributed by atoms with Crippen molar-refractivity contribution in [2.45, 2.75) is 26.4 Å². The Bertz CT molecular complexity index is 1380. The first-order chi connectivity index (χ1) is 16.5. The molecule has 1 aromatic heterocycles. The van der Waals surface area contributed by atoms with Crippen molar-refractivity contribution in [1.29, 1.82) is 0 Å². The van der Waals surface area contributed by atoms with E-state index in [0.29, 0.717) is 35.5 Å².